The van der Waals surface area contributed by atoms with Gasteiger partial charge >= 0.3 is 0 Å². The molecular weight excluding hydrogens is 577 g/mol. The van der Waals surface area contributed by atoms with Gasteiger partial charge in [-0.2, -0.15) is 0 Å². The maximum Gasteiger partial charge on any atom is -0.00141 e. The Morgan fingerprint density at radius 1 is 0.292 bits per heavy atom. The Morgan fingerprint density at radius 2 is 0.854 bits per heavy atom. The molecule has 0 aliphatic carbocycles. The number of fused-ring (bicyclic) bond motifs is 4. The van der Waals surface area contributed by atoms with Crippen molar-refractivity contribution in [1.82, 2.24) is 0 Å². The van der Waals surface area contributed by atoms with Crippen LogP contribution >= 0.6 is 0 Å². The zero-order valence-electron chi connectivity index (χ0n) is 27.2. The summed E-state index contributed by atoms with van der Waals surface area (Å²) in [7, 11) is 0. The van der Waals surface area contributed by atoms with Crippen molar-refractivity contribution in [3.63, 3.8) is 0 Å². The standard InChI is InChI=1S/C48H34/c1-31-25-32(2)27-39(26-31)44-29-36-17-8-9-18-37(36)30-45(44)47-42-20-11-10-19-41(42)46(38-24-23-33-13-6-7-16-35(33)28-38)48-40(21-12-22-43(47)48)34-14-4-3-5-15-34/h3-30H,1-2H3. The molecular formula is C48H34. The largest absolute Gasteiger partial charge is 0.0622 e. The fourth-order valence-electron chi connectivity index (χ4n) is 7.84. The van der Waals surface area contributed by atoms with E-state index in [1.807, 2.05) is 0 Å². The van der Waals surface area contributed by atoms with Crippen LogP contribution in [0.25, 0.3) is 87.6 Å². The fraction of sp³-hybridized carbons (Fsp3) is 0.0417. The Morgan fingerprint density at radius 3 is 1.56 bits per heavy atom. The van der Waals surface area contributed by atoms with Crippen LogP contribution in [0.3, 0.4) is 0 Å². The Bertz CT molecular complexity index is 2660. The summed E-state index contributed by atoms with van der Waals surface area (Å²) in [4.78, 5) is 0. The van der Waals surface area contributed by atoms with Gasteiger partial charge in [-0.1, -0.05) is 163 Å². The monoisotopic (exact) mass is 610 g/mol. The van der Waals surface area contributed by atoms with Gasteiger partial charge in [0.15, 0.2) is 0 Å². The minimum absolute atomic E-state index is 1.22. The summed E-state index contributed by atoms with van der Waals surface area (Å²) in [5.41, 5.74) is 12.6. The van der Waals surface area contributed by atoms with Gasteiger partial charge in [0, 0.05) is 0 Å². The van der Waals surface area contributed by atoms with Gasteiger partial charge in [0.25, 0.3) is 0 Å². The first-order valence-corrected chi connectivity index (χ1v) is 16.8. The second-order valence-electron chi connectivity index (χ2n) is 13.1. The van der Waals surface area contributed by atoms with Crippen molar-refractivity contribution in [3.05, 3.63) is 181 Å². The van der Waals surface area contributed by atoms with Gasteiger partial charge in [-0.15, -0.1) is 0 Å². The molecule has 0 aromatic heterocycles. The zero-order valence-corrected chi connectivity index (χ0v) is 27.2. The van der Waals surface area contributed by atoms with Crippen molar-refractivity contribution in [2.75, 3.05) is 0 Å². The number of hydrogen-bond acceptors (Lipinski definition) is 0. The smallest absolute Gasteiger partial charge is 0.00141 e. The van der Waals surface area contributed by atoms with Crippen LogP contribution in [-0.2, 0) is 0 Å². The average Bonchev–Trinajstić information content (AvgIpc) is 3.13. The molecule has 0 heterocycles. The molecule has 0 heteroatoms. The van der Waals surface area contributed by atoms with Crippen LogP contribution in [0.15, 0.2) is 170 Å². The molecule has 0 unspecified atom stereocenters. The van der Waals surface area contributed by atoms with E-state index in [-0.39, 0.29) is 0 Å². The van der Waals surface area contributed by atoms with E-state index in [0.29, 0.717) is 0 Å². The zero-order chi connectivity index (χ0) is 32.2. The summed E-state index contributed by atoms with van der Waals surface area (Å²) in [5.74, 6) is 0. The highest BCUT2D eigenvalue weighted by Gasteiger charge is 2.22. The number of benzene rings is 9. The Kier molecular flexibility index (Phi) is 6.69. The third-order valence-electron chi connectivity index (χ3n) is 9.86. The second kappa shape index (κ2) is 11.4. The molecule has 0 saturated carbocycles. The molecule has 0 amide bonds. The molecule has 0 aliphatic rings. The maximum absolute atomic E-state index is 2.43. The van der Waals surface area contributed by atoms with Crippen LogP contribution in [0.5, 0.6) is 0 Å². The highest BCUT2D eigenvalue weighted by atomic mass is 14.2. The van der Waals surface area contributed by atoms with Crippen molar-refractivity contribution >= 4 is 43.1 Å². The summed E-state index contributed by atoms with van der Waals surface area (Å²) in [5, 5.41) is 10.1. The highest BCUT2D eigenvalue weighted by Crippen LogP contribution is 2.49. The van der Waals surface area contributed by atoms with Crippen LogP contribution in [0.1, 0.15) is 11.1 Å². The molecule has 0 nitrogen and oxygen atoms in total. The van der Waals surface area contributed by atoms with E-state index in [1.165, 1.54) is 98.7 Å². The van der Waals surface area contributed by atoms with Gasteiger partial charge in [0.05, 0.1) is 0 Å². The van der Waals surface area contributed by atoms with E-state index >= 15 is 0 Å². The van der Waals surface area contributed by atoms with Crippen molar-refractivity contribution in [2.24, 2.45) is 0 Å². The lowest BCUT2D eigenvalue weighted by atomic mass is 9.80. The molecule has 0 aliphatic heterocycles. The molecule has 9 aromatic carbocycles. The van der Waals surface area contributed by atoms with Gasteiger partial charge in [-0.25, -0.2) is 0 Å². The Balaban J connectivity index is 1.49. The number of aryl methyl sites for hydroxylation is 2. The molecule has 0 fully saturated rings. The minimum atomic E-state index is 1.22. The molecule has 48 heavy (non-hydrogen) atoms. The molecule has 0 spiro atoms. The lowest BCUT2D eigenvalue weighted by Gasteiger charge is -2.22. The normalized spacial score (nSPS) is 11.5. The molecule has 0 saturated heterocycles. The van der Waals surface area contributed by atoms with Crippen molar-refractivity contribution in [1.29, 1.82) is 0 Å². The quantitative estimate of drug-likeness (QED) is 0.174. The van der Waals surface area contributed by atoms with E-state index in [9.17, 15) is 0 Å². The molecule has 0 bridgehead atoms. The lowest BCUT2D eigenvalue weighted by molar-refractivity contribution is 1.38. The molecule has 0 radical (unpaired) electrons. The van der Waals surface area contributed by atoms with E-state index in [2.05, 4.69) is 184 Å². The molecule has 9 aromatic rings. The van der Waals surface area contributed by atoms with E-state index < -0.39 is 0 Å². The average molecular weight is 611 g/mol. The van der Waals surface area contributed by atoms with Gasteiger partial charge in [0.1, 0.15) is 0 Å². The molecule has 0 atom stereocenters. The third-order valence-corrected chi connectivity index (χ3v) is 9.86. The van der Waals surface area contributed by atoms with Crippen LogP contribution in [0.2, 0.25) is 0 Å². The summed E-state index contributed by atoms with van der Waals surface area (Å²) in [6, 6.07) is 62.9. The number of rotatable bonds is 4. The Hall–Kier alpha value is -5.98. The van der Waals surface area contributed by atoms with Crippen LogP contribution in [0.4, 0.5) is 0 Å². The van der Waals surface area contributed by atoms with Crippen molar-refractivity contribution in [3.8, 4) is 44.5 Å². The first-order valence-electron chi connectivity index (χ1n) is 16.8. The van der Waals surface area contributed by atoms with Gasteiger partial charge < -0.3 is 0 Å². The maximum atomic E-state index is 2.43. The predicted octanol–water partition coefficient (Wildman–Crippen LogP) is 13.6. The van der Waals surface area contributed by atoms with E-state index in [0.717, 1.165) is 0 Å². The van der Waals surface area contributed by atoms with Gasteiger partial charge in [-0.05, 0) is 120 Å². The minimum Gasteiger partial charge on any atom is -0.0622 e. The summed E-state index contributed by atoms with van der Waals surface area (Å²) in [6.45, 7) is 4.40. The molecule has 226 valence electrons. The highest BCUT2D eigenvalue weighted by molar-refractivity contribution is 6.26. The van der Waals surface area contributed by atoms with Crippen molar-refractivity contribution < 1.29 is 0 Å². The van der Waals surface area contributed by atoms with Crippen molar-refractivity contribution in [2.45, 2.75) is 13.8 Å². The molecule has 0 N–H and O–H groups in total. The van der Waals surface area contributed by atoms with Gasteiger partial charge in [0.2, 0.25) is 0 Å². The SMILES string of the molecule is Cc1cc(C)cc(-c2cc3ccccc3cc2-c2c3ccccc3c(-c3ccc4ccccc4c3)c3c(-c4ccccc4)cccc23)c1. The van der Waals surface area contributed by atoms with Gasteiger partial charge in [-0.3, -0.25) is 0 Å². The summed E-state index contributed by atoms with van der Waals surface area (Å²) in [6.07, 6.45) is 0. The van der Waals surface area contributed by atoms with Crippen LogP contribution in [0, 0.1) is 13.8 Å². The Labute approximate surface area is 281 Å². The van der Waals surface area contributed by atoms with Crippen LogP contribution < -0.4 is 0 Å². The lowest BCUT2D eigenvalue weighted by Crippen LogP contribution is -1.95. The first kappa shape index (κ1) is 28.3. The van der Waals surface area contributed by atoms with Crippen LogP contribution in [-0.4, -0.2) is 0 Å². The van der Waals surface area contributed by atoms with E-state index in [1.54, 1.807) is 0 Å². The summed E-state index contributed by atoms with van der Waals surface area (Å²) < 4.78 is 0. The first-order chi connectivity index (χ1) is 23.6. The second-order valence-corrected chi connectivity index (χ2v) is 13.1. The third kappa shape index (κ3) is 4.69. The van der Waals surface area contributed by atoms with E-state index in [4.69, 9.17) is 0 Å². The number of hydrogen-bond donors (Lipinski definition) is 0. The predicted molar refractivity (Wildman–Crippen MR) is 208 cm³/mol. The summed E-state index contributed by atoms with van der Waals surface area (Å²) >= 11 is 0. The molecule has 9 rings (SSSR count). The fourth-order valence-corrected chi connectivity index (χ4v) is 7.84. The topological polar surface area (TPSA) is 0 Å².